The standard InChI is InChI=1S/C26H32N2O5/c1-4-13-33-25-12-11-18(15-26(30)31)14-21(25)22-16-23(28(27-22)17-19(29)5-2)20-9-7-8-10-24(20)32-6-3/h7-12,14,16,19,29H,4-6,13,15,17H2,1-3H3,(H,30,31)/t19-/m1/s1. The fraction of sp³-hybridized carbons (Fsp3) is 0.385. The number of para-hydroxylation sites is 1. The molecule has 0 saturated heterocycles. The van der Waals surface area contributed by atoms with Gasteiger partial charge in [-0.05, 0) is 55.7 Å². The fourth-order valence-electron chi connectivity index (χ4n) is 3.59. The third kappa shape index (κ3) is 6.14. The number of nitrogens with zero attached hydrogens (tertiary/aromatic N) is 2. The summed E-state index contributed by atoms with van der Waals surface area (Å²) in [4.78, 5) is 11.3. The molecule has 0 unspecified atom stereocenters. The number of ether oxygens (including phenoxy) is 2. The van der Waals surface area contributed by atoms with Crippen molar-refractivity contribution in [2.45, 2.75) is 52.7 Å². The summed E-state index contributed by atoms with van der Waals surface area (Å²) in [6.07, 6.45) is 0.808. The van der Waals surface area contributed by atoms with Crippen molar-refractivity contribution >= 4 is 5.97 Å². The molecule has 176 valence electrons. The lowest BCUT2D eigenvalue weighted by atomic mass is 10.0. The predicted octanol–water partition coefficient (Wildman–Crippen LogP) is 4.80. The van der Waals surface area contributed by atoms with Crippen molar-refractivity contribution in [1.82, 2.24) is 9.78 Å². The van der Waals surface area contributed by atoms with E-state index < -0.39 is 12.1 Å². The van der Waals surface area contributed by atoms with Gasteiger partial charge < -0.3 is 19.7 Å². The Labute approximate surface area is 194 Å². The normalized spacial score (nSPS) is 11.9. The molecule has 0 aliphatic heterocycles. The zero-order valence-electron chi connectivity index (χ0n) is 19.5. The van der Waals surface area contributed by atoms with E-state index in [9.17, 15) is 15.0 Å². The molecule has 7 nitrogen and oxygen atoms in total. The second-order valence-electron chi connectivity index (χ2n) is 7.84. The van der Waals surface area contributed by atoms with Crippen LogP contribution in [0.5, 0.6) is 11.5 Å². The van der Waals surface area contributed by atoms with E-state index in [1.807, 2.05) is 57.2 Å². The van der Waals surface area contributed by atoms with Crippen LogP contribution >= 0.6 is 0 Å². The molecule has 0 fully saturated rings. The van der Waals surface area contributed by atoms with Gasteiger partial charge in [-0.2, -0.15) is 5.10 Å². The largest absolute Gasteiger partial charge is 0.493 e. The van der Waals surface area contributed by atoms with Crippen molar-refractivity contribution in [2.75, 3.05) is 13.2 Å². The molecular formula is C26H32N2O5. The zero-order chi connectivity index (χ0) is 23.8. The van der Waals surface area contributed by atoms with Gasteiger partial charge in [-0.15, -0.1) is 0 Å². The van der Waals surface area contributed by atoms with Crippen LogP contribution in [0.3, 0.4) is 0 Å². The van der Waals surface area contributed by atoms with E-state index in [0.717, 1.165) is 29.0 Å². The van der Waals surface area contributed by atoms with Crippen LogP contribution in [-0.4, -0.2) is 45.3 Å². The Bertz CT molecular complexity index is 1080. The van der Waals surface area contributed by atoms with Crippen molar-refractivity contribution < 1.29 is 24.5 Å². The summed E-state index contributed by atoms with van der Waals surface area (Å²) >= 11 is 0. The molecular weight excluding hydrogens is 420 g/mol. The first-order valence-electron chi connectivity index (χ1n) is 11.4. The summed E-state index contributed by atoms with van der Waals surface area (Å²) in [5, 5.41) is 24.4. The number of carboxylic acid groups (broad SMARTS) is 1. The van der Waals surface area contributed by atoms with E-state index in [1.54, 1.807) is 16.8 Å². The summed E-state index contributed by atoms with van der Waals surface area (Å²) < 4.78 is 13.6. The van der Waals surface area contributed by atoms with Crippen LogP contribution in [0, 0.1) is 0 Å². The van der Waals surface area contributed by atoms with E-state index in [-0.39, 0.29) is 6.42 Å². The second-order valence-corrected chi connectivity index (χ2v) is 7.84. The predicted molar refractivity (Wildman–Crippen MR) is 128 cm³/mol. The van der Waals surface area contributed by atoms with Gasteiger partial charge in [0.15, 0.2) is 0 Å². The van der Waals surface area contributed by atoms with Crippen LogP contribution in [-0.2, 0) is 17.8 Å². The quantitative estimate of drug-likeness (QED) is 0.410. The molecule has 0 aliphatic carbocycles. The molecule has 2 N–H and O–H groups in total. The lowest BCUT2D eigenvalue weighted by Crippen LogP contribution is -2.16. The van der Waals surface area contributed by atoms with Gasteiger partial charge in [0.05, 0.1) is 43.7 Å². The SMILES string of the molecule is CCCOc1ccc(CC(=O)O)cc1-c1cc(-c2ccccc2OCC)n(C[C@H](O)CC)n1. The first-order valence-corrected chi connectivity index (χ1v) is 11.4. The van der Waals surface area contributed by atoms with Crippen molar-refractivity contribution in [3.8, 4) is 34.0 Å². The topological polar surface area (TPSA) is 93.8 Å². The number of aromatic nitrogens is 2. The number of carbonyl (C=O) groups is 1. The van der Waals surface area contributed by atoms with Crippen LogP contribution in [0.15, 0.2) is 48.5 Å². The Kier molecular flexibility index (Phi) is 8.49. The lowest BCUT2D eigenvalue weighted by molar-refractivity contribution is -0.136. The molecule has 0 radical (unpaired) electrons. The van der Waals surface area contributed by atoms with Gasteiger partial charge in [-0.25, -0.2) is 0 Å². The van der Waals surface area contributed by atoms with Crippen molar-refractivity contribution in [1.29, 1.82) is 0 Å². The highest BCUT2D eigenvalue weighted by Gasteiger charge is 2.19. The Morgan fingerprint density at radius 3 is 2.48 bits per heavy atom. The monoisotopic (exact) mass is 452 g/mol. The van der Waals surface area contributed by atoms with E-state index in [0.29, 0.717) is 43.2 Å². The summed E-state index contributed by atoms with van der Waals surface area (Å²) in [6, 6.07) is 15.1. The minimum absolute atomic E-state index is 0.0870. The van der Waals surface area contributed by atoms with Gasteiger partial charge in [0, 0.05) is 11.1 Å². The summed E-state index contributed by atoms with van der Waals surface area (Å²) in [5.41, 5.74) is 3.73. The maximum Gasteiger partial charge on any atom is 0.307 e. The molecule has 1 atom stereocenters. The maximum absolute atomic E-state index is 11.3. The number of aliphatic carboxylic acids is 1. The van der Waals surface area contributed by atoms with E-state index in [4.69, 9.17) is 14.6 Å². The van der Waals surface area contributed by atoms with Gasteiger partial charge in [-0.1, -0.05) is 32.0 Å². The van der Waals surface area contributed by atoms with Crippen LogP contribution in [0.4, 0.5) is 0 Å². The van der Waals surface area contributed by atoms with Gasteiger partial charge in [0.1, 0.15) is 11.5 Å². The number of rotatable bonds is 12. The third-order valence-electron chi connectivity index (χ3n) is 5.23. The van der Waals surface area contributed by atoms with Crippen molar-refractivity contribution in [3.63, 3.8) is 0 Å². The smallest absolute Gasteiger partial charge is 0.307 e. The Balaban J connectivity index is 2.15. The van der Waals surface area contributed by atoms with E-state index in [2.05, 4.69) is 0 Å². The number of carboxylic acids is 1. The highest BCUT2D eigenvalue weighted by molar-refractivity contribution is 5.77. The summed E-state index contributed by atoms with van der Waals surface area (Å²) in [6.45, 7) is 7.29. The van der Waals surface area contributed by atoms with Crippen molar-refractivity contribution in [2.24, 2.45) is 0 Å². The van der Waals surface area contributed by atoms with Crippen LogP contribution in [0.1, 0.15) is 39.2 Å². The highest BCUT2D eigenvalue weighted by atomic mass is 16.5. The molecule has 1 aromatic heterocycles. The zero-order valence-corrected chi connectivity index (χ0v) is 19.5. The average molecular weight is 453 g/mol. The Morgan fingerprint density at radius 1 is 1.03 bits per heavy atom. The number of hydrogen-bond acceptors (Lipinski definition) is 5. The van der Waals surface area contributed by atoms with E-state index in [1.165, 1.54) is 0 Å². The maximum atomic E-state index is 11.3. The van der Waals surface area contributed by atoms with Gasteiger partial charge >= 0.3 is 5.97 Å². The van der Waals surface area contributed by atoms with Crippen LogP contribution < -0.4 is 9.47 Å². The van der Waals surface area contributed by atoms with Gasteiger partial charge in [0.2, 0.25) is 0 Å². The minimum atomic E-state index is -0.897. The highest BCUT2D eigenvalue weighted by Crippen LogP contribution is 2.36. The number of aliphatic hydroxyl groups is 1. The third-order valence-corrected chi connectivity index (χ3v) is 5.23. The molecule has 7 heteroatoms. The molecule has 3 aromatic rings. The minimum Gasteiger partial charge on any atom is -0.493 e. The Hall–Kier alpha value is -3.32. The molecule has 0 saturated carbocycles. The summed E-state index contributed by atoms with van der Waals surface area (Å²) in [7, 11) is 0. The Morgan fingerprint density at radius 2 is 1.79 bits per heavy atom. The van der Waals surface area contributed by atoms with E-state index >= 15 is 0 Å². The van der Waals surface area contributed by atoms with Crippen molar-refractivity contribution in [3.05, 3.63) is 54.1 Å². The molecule has 0 amide bonds. The molecule has 3 rings (SSSR count). The first kappa shape index (κ1) is 24.3. The van der Waals surface area contributed by atoms with Crippen LogP contribution in [0.25, 0.3) is 22.5 Å². The average Bonchev–Trinajstić information content (AvgIpc) is 3.21. The summed E-state index contributed by atoms with van der Waals surface area (Å²) in [5.74, 6) is 0.489. The molecule has 2 aromatic carbocycles. The first-order chi connectivity index (χ1) is 16.0. The number of benzene rings is 2. The molecule has 1 heterocycles. The fourth-order valence-corrected chi connectivity index (χ4v) is 3.59. The molecule has 33 heavy (non-hydrogen) atoms. The van der Waals surface area contributed by atoms with Crippen LogP contribution in [0.2, 0.25) is 0 Å². The van der Waals surface area contributed by atoms with Gasteiger partial charge in [-0.3, -0.25) is 9.48 Å². The van der Waals surface area contributed by atoms with Gasteiger partial charge in [0.25, 0.3) is 0 Å². The number of aliphatic hydroxyl groups excluding tert-OH is 1. The molecule has 0 bridgehead atoms. The lowest BCUT2D eigenvalue weighted by Gasteiger charge is -2.14. The molecule has 0 aliphatic rings. The second kappa shape index (κ2) is 11.5. The number of hydrogen-bond donors (Lipinski definition) is 2. The molecule has 0 spiro atoms.